The zero-order chi connectivity index (χ0) is 34.5. The zero-order valence-electron chi connectivity index (χ0n) is 25.2. The predicted octanol–water partition coefficient (Wildman–Crippen LogP) is 3.73. The van der Waals surface area contributed by atoms with Gasteiger partial charge in [0.15, 0.2) is 5.13 Å². The quantitative estimate of drug-likeness (QED) is 0.167. The van der Waals surface area contributed by atoms with Gasteiger partial charge in [0.2, 0.25) is 17.4 Å². The largest absolute Gasteiger partial charge is 0.489 e. The second kappa shape index (κ2) is 12.2. The summed E-state index contributed by atoms with van der Waals surface area (Å²) in [6.45, 7) is 3.26. The number of carbonyl (C=O) groups excluding carboxylic acids is 3. The molecule has 0 spiro atoms. The van der Waals surface area contributed by atoms with Crippen LogP contribution in [0.25, 0.3) is 21.5 Å². The van der Waals surface area contributed by atoms with Crippen LogP contribution in [-0.4, -0.2) is 58.2 Å². The van der Waals surface area contributed by atoms with Gasteiger partial charge in [0.05, 0.1) is 28.5 Å². The molecule has 248 valence electrons. The summed E-state index contributed by atoms with van der Waals surface area (Å²) >= 11 is 1.03. The molecule has 0 bridgehead atoms. The number of carbonyl (C=O) groups is 3. The molecule has 3 atom stereocenters. The lowest BCUT2D eigenvalue weighted by Gasteiger charge is -2.31. The Morgan fingerprint density at radius 2 is 1.79 bits per heavy atom. The first kappa shape index (κ1) is 33.7. The maximum Gasteiger partial charge on any atom is 0.424 e. The maximum atomic E-state index is 14.7. The third kappa shape index (κ3) is 6.23. The Morgan fingerprint density at radius 3 is 2.40 bits per heavy atom. The molecular weight excluding hydrogens is 644 g/mol. The lowest BCUT2D eigenvalue weighted by Crippen LogP contribution is -2.51. The minimum absolute atomic E-state index is 0.0465. The Hall–Kier alpha value is -4.67. The van der Waals surface area contributed by atoms with Gasteiger partial charge in [0.25, 0.3) is 5.91 Å². The molecular formula is C31H30F4N6O5S. The Labute approximate surface area is 269 Å². The number of amides is 3. The number of primary amides is 1. The van der Waals surface area contributed by atoms with Gasteiger partial charge in [-0.3, -0.25) is 14.4 Å². The molecule has 5 rings (SSSR count). The monoisotopic (exact) mass is 674 g/mol. The second-order valence-electron chi connectivity index (χ2n) is 11.7. The van der Waals surface area contributed by atoms with Crippen LogP contribution in [0.2, 0.25) is 0 Å². The van der Waals surface area contributed by atoms with Crippen molar-refractivity contribution in [2.24, 2.45) is 17.4 Å². The number of nitrogens with zero attached hydrogens (tertiary/aromatic N) is 2. The fourth-order valence-electron chi connectivity index (χ4n) is 4.86. The van der Waals surface area contributed by atoms with E-state index in [-0.39, 0.29) is 45.8 Å². The molecule has 0 aliphatic carbocycles. The summed E-state index contributed by atoms with van der Waals surface area (Å²) in [5.41, 5.74) is 5.44. The number of rotatable bonds is 9. The number of benzene rings is 2. The van der Waals surface area contributed by atoms with Crippen LogP contribution in [0.5, 0.6) is 5.75 Å². The number of ether oxygens (including phenoxy) is 1. The molecule has 0 saturated carbocycles. The highest BCUT2D eigenvalue weighted by Gasteiger charge is 2.57. The van der Waals surface area contributed by atoms with Crippen molar-refractivity contribution in [1.82, 2.24) is 15.3 Å². The first-order chi connectivity index (χ1) is 21.9. The van der Waals surface area contributed by atoms with Crippen LogP contribution in [0.3, 0.4) is 0 Å². The van der Waals surface area contributed by atoms with Gasteiger partial charge in [-0.2, -0.15) is 13.2 Å². The molecule has 0 fully saturated rings. The van der Waals surface area contributed by atoms with Crippen LogP contribution < -0.4 is 26.8 Å². The van der Waals surface area contributed by atoms with Gasteiger partial charge >= 0.3 is 6.18 Å². The maximum absolute atomic E-state index is 14.7. The minimum atomic E-state index is -5.38. The van der Waals surface area contributed by atoms with Gasteiger partial charge in [-0.05, 0) is 61.4 Å². The van der Waals surface area contributed by atoms with Crippen molar-refractivity contribution < 1.29 is 41.8 Å². The standard InChI is InChI=1S/C31H30F4N6O5S/c1-14(2)22(36)26(43)41-28-39-19-9-6-16(10-20(19)47-28)25(42)38-12-30(45,31(33,34)35)21-11-18-24(46-13-29(18,3)27(37)44)23(40-21)15-4-7-17(32)8-5-15/h4-11,14,22,45H,12-13,36H2,1-3H3,(H2,37,44)(H,38,42)(H,39,41,43)/t22-,29+,30?/m1/s1. The number of halogens is 4. The van der Waals surface area contributed by atoms with Gasteiger partial charge in [-0.25, -0.2) is 14.4 Å². The van der Waals surface area contributed by atoms with Crippen molar-refractivity contribution >= 4 is 44.4 Å². The highest BCUT2D eigenvalue weighted by molar-refractivity contribution is 7.22. The van der Waals surface area contributed by atoms with Crippen molar-refractivity contribution in [3.8, 4) is 17.0 Å². The summed E-state index contributed by atoms with van der Waals surface area (Å²) < 4.78 is 63.9. The summed E-state index contributed by atoms with van der Waals surface area (Å²) in [4.78, 5) is 46.2. The average molecular weight is 675 g/mol. The van der Waals surface area contributed by atoms with E-state index < -0.39 is 59.0 Å². The zero-order valence-corrected chi connectivity index (χ0v) is 26.1. The fourth-order valence-corrected chi connectivity index (χ4v) is 5.77. The summed E-state index contributed by atoms with van der Waals surface area (Å²) in [6.07, 6.45) is -5.38. The first-order valence-corrected chi connectivity index (χ1v) is 15.1. The number of thiazole rings is 1. The van der Waals surface area contributed by atoms with Crippen LogP contribution in [-0.2, 0) is 20.6 Å². The topological polar surface area (TPSA) is 183 Å². The van der Waals surface area contributed by atoms with Crippen LogP contribution in [0.4, 0.5) is 22.7 Å². The number of hydrogen-bond acceptors (Lipinski definition) is 9. The Bertz CT molecular complexity index is 1880. The second-order valence-corrected chi connectivity index (χ2v) is 12.8. The van der Waals surface area contributed by atoms with E-state index in [2.05, 4.69) is 20.6 Å². The van der Waals surface area contributed by atoms with Crippen LogP contribution in [0, 0.1) is 11.7 Å². The molecule has 1 aliphatic rings. The lowest BCUT2D eigenvalue weighted by molar-refractivity contribution is -0.265. The Balaban J connectivity index is 1.47. The molecule has 3 amide bonds. The highest BCUT2D eigenvalue weighted by atomic mass is 32.1. The third-order valence-corrected chi connectivity index (χ3v) is 8.97. The molecule has 11 nitrogen and oxygen atoms in total. The smallest absolute Gasteiger partial charge is 0.424 e. The molecule has 0 saturated heterocycles. The summed E-state index contributed by atoms with van der Waals surface area (Å²) in [6, 6.07) is 8.89. The Morgan fingerprint density at radius 1 is 1.11 bits per heavy atom. The van der Waals surface area contributed by atoms with Crippen LogP contribution >= 0.6 is 11.3 Å². The van der Waals surface area contributed by atoms with Crippen LogP contribution in [0.1, 0.15) is 42.4 Å². The SMILES string of the molecule is CC(C)[C@@H](N)C(=O)Nc1nc2ccc(C(=O)NCC(O)(c3cc4c(c(-c5ccc(F)cc5)n3)OC[C@]4(C)C(N)=O)C(F)(F)F)cc2s1. The molecule has 2 aromatic heterocycles. The number of nitrogens with two attached hydrogens (primary N) is 2. The molecule has 47 heavy (non-hydrogen) atoms. The van der Waals surface area contributed by atoms with E-state index in [1.54, 1.807) is 13.8 Å². The number of aromatic nitrogens is 2. The van der Waals surface area contributed by atoms with Crippen molar-refractivity contribution in [3.05, 3.63) is 71.2 Å². The van der Waals surface area contributed by atoms with Gasteiger partial charge in [0, 0.05) is 16.7 Å². The van der Waals surface area contributed by atoms with E-state index in [0.717, 1.165) is 29.5 Å². The third-order valence-electron chi connectivity index (χ3n) is 8.03. The number of pyridine rings is 1. The van der Waals surface area contributed by atoms with E-state index >= 15 is 0 Å². The van der Waals surface area contributed by atoms with Crippen molar-refractivity contribution in [1.29, 1.82) is 0 Å². The molecule has 0 radical (unpaired) electrons. The van der Waals surface area contributed by atoms with Crippen molar-refractivity contribution in [3.63, 3.8) is 0 Å². The summed E-state index contributed by atoms with van der Waals surface area (Å²) in [7, 11) is 0. The molecule has 16 heteroatoms. The lowest BCUT2D eigenvalue weighted by atomic mass is 9.81. The molecule has 7 N–H and O–H groups in total. The predicted molar refractivity (Wildman–Crippen MR) is 165 cm³/mol. The minimum Gasteiger partial charge on any atom is -0.489 e. The number of nitrogens with one attached hydrogen (secondary N) is 2. The van der Waals surface area contributed by atoms with Gasteiger partial charge in [-0.1, -0.05) is 25.2 Å². The molecule has 2 aromatic carbocycles. The Kier molecular flexibility index (Phi) is 8.72. The summed E-state index contributed by atoms with van der Waals surface area (Å²) in [5.74, 6) is -3.10. The average Bonchev–Trinajstić information content (AvgIpc) is 3.58. The normalized spacial score (nSPS) is 17.9. The number of hydrogen-bond donors (Lipinski definition) is 5. The van der Waals surface area contributed by atoms with Gasteiger partial charge < -0.3 is 31.9 Å². The molecule has 1 unspecified atom stereocenters. The number of aliphatic hydroxyl groups is 1. The van der Waals surface area contributed by atoms with E-state index in [1.807, 2.05) is 0 Å². The summed E-state index contributed by atoms with van der Waals surface area (Å²) in [5, 5.41) is 16.2. The highest BCUT2D eigenvalue weighted by Crippen LogP contribution is 2.47. The van der Waals surface area contributed by atoms with Crippen molar-refractivity contribution in [2.75, 3.05) is 18.5 Å². The molecule has 1 aliphatic heterocycles. The van der Waals surface area contributed by atoms with Gasteiger partial charge in [0.1, 0.15) is 29.3 Å². The fraction of sp³-hybridized carbons (Fsp3) is 0.323. The van der Waals surface area contributed by atoms with E-state index in [4.69, 9.17) is 16.2 Å². The first-order valence-electron chi connectivity index (χ1n) is 14.2. The van der Waals surface area contributed by atoms with E-state index in [1.165, 1.54) is 37.3 Å². The number of anilines is 1. The van der Waals surface area contributed by atoms with Crippen LogP contribution in [0.15, 0.2) is 48.5 Å². The number of alkyl halides is 3. The van der Waals surface area contributed by atoms with E-state index in [9.17, 15) is 37.1 Å². The van der Waals surface area contributed by atoms with Gasteiger partial charge in [-0.15, -0.1) is 0 Å². The molecule has 4 aromatic rings. The molecule has 3 heterocycles. The van der Waals surface area contributed by atoms with E-state index in [0.29, 0.717) is 10.2 Å². The van der Waals surface area contributed by atoms with Crippen molar-refractivity contribution in [2.45, 2.75) is 44.0 Å². The number of fused-ring (bicyclic) bond motifs is 2.